The molecule has 0 amide bonds. The molecule has 69 heavy (non-hydrogen) atoms. The van der Waals surface area contributed by atoms with Gasteiger partial charge in [0.15, 0.2) is 16.1 Å². The zero-order valence-corrected chi connectivity index (χ0v) is 41.1. The number of alkyl halides is 6. The first kappa shape index (κ1) is 49.2. The summed E-state index contributed by atoms with van der Waals surface area (Å²) in [4.78, 5) is 0.0336. The zero-order chi connectivity index (χ0) is 50.8. The van der Waals surface area contributed by atoms with E-state index in [0.29, 0.717) is 41.4 Å². The van der Waals surface area contributed by atoms with E-state index in [0.717, 1.165) is 18.4 Å². The van der Waals surface area contributed by atoms with Gasteiger partial charge >= 0.3 is 29.4 Å². The number of allylic oxidation sites excluding steroid dienone is 2. The summed E-state index contributed by atoms with van der Waals surface area (Å²) >= 11 is 1.55. The van der Waals surface area contributed by atoms with Gasteiger partial charge in [0.2, 0.25) is 0 Å². The Balaban J connectivity index is 1.36. The summed E-state index contributed by atoms with van der Waals surface area (Å²) in [5, 5.41) is 54.9. The van der Waals surface area contributed by atoms with Crippen LogP contribution < -0.4 is 4.74 Å². The number of rotatable bonds is 6. The Morgan fingerprint density at radius 1 is 0.565 bits per heavy atom. The SMILES string of the molecule is COc1sc(-c2ccccc2)c(C)c1C1=C(c2c(C#Cc3cccc(C4=[N+]([O-])C(C)(C)C(C)(C)N4[O])c3)sc(C#Cc3cccc(C4=[N+]([O-])C(C)(C)C(C)(C)N4[O])c3)c2C)C(F)(F)C(F)(F)C1(F)F. The van der Waals surface area contributed by atoms with Gasteiger partial charge in [0.25, 0.3) is 0 Å². The van der Waals surface area contributed by atoms with Crippen molar-refractivity contribution >= 4 is 45.5 Å². The molecule has 9 nitrogen and oxygen atoms in total. The molecule has 1 aliphatic carbocycles. The maximum Gasteiger partial charge on any atom is 0.380 e. The Hall–Kier alpha value is -6.24. The second-order valence-electron chi connectivity index (χ2n) is 19.2. The quantitative estimate of drug-likeness (QED) is 0.0729. The molecule has 0 spiro atoms. The number of amidine groups is 2. The molecular weight excluding hydrogens is 939 g/mol. The van der Waals surface area contributed by atoms with E-state index < -0.39 is 62.2 Å². The van der Waals surface area contributed by atoms with E-state index in [2.05, 4.69) is 23.7 Å². The highest BCUT2D eigenvalue weighted by Crippen LogP contribution is 2.67. The zero-order valence-electron chi connectivity index (χ0n) is 39.4. The van der Waals surface area contributed by atoms with E-state index in [-0.39, 0.29) is 59.9 Å². The van der Waals surface area contributed by atoms with Crippen molar-refractivity contribution in [1.82, 2.24) is 10.1 Å². The van der Waals surface area contributed by atoms with Crippen molar-refractivity contribution in [2.75, 3.05) is 7.11 Å². The standard InChI is InChI=1S/C52H46F6N4O5S2/c1-29-36(25-23-31-17-15-21-34(27-31)43-59(63)46(3,4)47(5,6)60(43)64)68-37(26-24-32-18-16-22-35(28-32)44-61(65)48(7,8)49(9,10)62(44)66)38(29)40-41(51(55,56)52(57,58)50(40,53)54)39-30(2)42(69-45(39)67-11)33-19-13-12-14-20-33/h12-22,27-28H,1-11H3. The Morgan fingerprint density at radius 3 is 1.43 bits per heavy atom. The second kappa shape index (κ2) is 16.2. The van der Waals surface area contributed by atoms with Gasteiger partial charge in [0.05, 0.1) is 28.0 Å². The highest BCUT2D eigenvalue weighted by molar-refractivity contribution is 7.17. The molecule has 2 aliphatic heterocycles. The van der Waals surface area contributed by atoms with Crippen LogP contribution in [0.25, 0.3) is 21.6 Å². The van der Waals surface area contributed by atoms with Crippen LogP contribution in [0, 0.1) is 47.9 Å². The average Bonchev–Trinajstić information content (AvgIpc) is 3.89. The third kappa shape index (κ3) is 6.98. The molecule has 0 saturated heterocycles. The summed E-state index contributed by atoms with van der Waals surface area (Å²) in [5.74, 6) is -5.78. The number of benzene rings is 3. The lowest BCUT2D eigenvalue weighted by Crippen LogP contribution is -2.53. The summed E-state index contributed by atoms with van der Waals surface area (Å²) in [6.45, 7) is 15.8. The van der Waals surface area contributed by atoms with Crippen LogP contribution in [0.4, 0.5) is 26.3 Å². The highest BCUT2D eigenvalue weighted by Gasteiger charge is 2.81. The third-order valence-electron chi connectivity index (χ3n) is 14.3. The van der Waals surface area contributed by atoms with Crippen LogP contribution >= 0.6 is 22.7 Å². The fourth-order valence-corrected chi connectivity index (χ4v) is 10.8. The van der Waals surface area contributed by atoms with Gasteiger partial charge < -0.3 is 15.2 Å². The summed E-state index contributed by atoms with van der Waals surface area (Å²) in [6.07, 6.45) is 0. The molecule has 0 fully saturated rings. The van der Waals surface area contributed by atoms with Crippen LogP contribution in [0.15, 0.2) is 78.9 Å². The number of hydroxylamine groups is 6. The molecule has 2 aromatic heterocycles. The van der Waals surface area contributed by atoms with Crippen molar-refractivity contribution in [3.63, 3.8) is 0 Å². The van der Waals surface area contributed by atoms with Crippen LogP contribution in [0.5, 0.6) is 5.06 Å². The number of thiophene rings is 2. The molecule has 8 rings (SSSR count). The Labute approximate surface area is 404 Å². The molecule has 4 heterocycles. The number of hydrogen-bond donors (Lipinski definition) is 0. The van der Waals surface area contributed by atoms with E-state index in [4.69, 9.17) is 4.74 Å². The molecule has 0 unspecified atom stereocenters. The normalized spacial score (nSPS) is 20.3. The van der Waals surface area contributed by atoms with Crippen molar-refractivity contribution in [1.29, 1.82) is 0 Å². The maximum atomic E-state index is 16.8. The minimum Gasteiger partial charge on any atom is -0.714 e. The minimum absolute atomic E-state index is 0.00951. The summed E-state index contributed by atoms with van der Waals surface area (Å²) < 4.78 is 106. The number of nitrogens with zero attached hydrogens (tertiary/aromatic N) is 4. The first-order valence-electron chi connectivity index (χ1n) is 21.6. The fourth-order valence-electron chi connectivity index (χ4n) is 8.61. The number of hydrogen-bond acceptors (Lipinski definition) is 7. The number of methoxy groups -OCH3 is 1. The molecule has 3 aromatic carbocycles. The molecule has 17 heteroatoms. The van der Waals surface area contributed by atoms with Crippen molar-refractivity contribution < 1.29 is 51.0 Å². The van der Waals surface area contributed by atoms with E-state index >= 15 is 26.3 Å². The summed E-state index contributed by atoms with van der Waals surface area (Å²) in [6, 6.07) is 20.6. The Bertz CT molecular complexity index is 3200. The molecule has 2 radical (unpaired) electrons. The van der Waals surface area contributed by atoms with Gasteiger partial charge in [0, 0.05) is 48.7 Å². The van der Waals surface area contributed by atoms with Crippen LogP contribution in [-0.4, -0.2) is 78.3 Å². The Kier molecular flexibility index (Phi) is 11.5. The van der Waals surface area contributed by atoms with Gasteiger partial charge in [-0.15, -0.1) is 11.3 Å². The third-order valence-corrected chi connectivity index (χ3v) is 16.8. The van der Waals surface area contributed by atoms with Crippen molar-refractivity contribution in [3.8, 4) is 39.2 Å². The lowest BCUT2D eigenvalue weighted by atomic mass is 9.84. The van der Waals surface area contributed by atoms with E-state index in [1.54, 1.807) is 104 Å². The molecule has 0 bridgehead atoms. The highest BCUT2D eigenvalue weighted by atomic mass is 32.1. The minimum atomic E-state index is -5.93. The lowest BCUT2D eigenvalue weighted by Gasteiger charge is -2.32. The molecule has 0 N–H and O–H groups in total. The lowest BCUT2D eigenvalue weighted by molar-refractivity contribution is -0.539. The molecule has 3 aliphatic rings. The van der Waals surface area contributed by atoms with Gasteiger partial charge in [0.1, 0.15) is 11.1 Å². The first-order chi connectivity index (χ1) is 32.0. The second-order valence-corrected chi connectivity index (χ2v) is 21.2. The summed E-state index contributed by atoms with van der Waals surface area (Å²) in [5.41, 5.74) is -7.88. The van der Waals surface area contributed by atoms with Crippen LogP contribution in [-0.2, 0) is 10.4 Å². The van der Waals surface area contributed by atoms with Crippen molar-refractivity contribution in [2.24, 2.45) is 0 Å². The maximum absolute atomic E-state index is 16.8. The smallest absolute Gasteiger partial charge is 0.380 e. The predicted octanol–water partition coefficient (Wildman–Crippen LogP) is 11.7. The van der Waals surface area contributed by atoms with Crippen LogP contribution in [0.2, 0.25) is 0 Å². The van der Waals surface area contributed by atoms with Gasteiger partial charge in [-0.2, -0.15) is 26.3 Å². The predicted molar refractivity (Wildman–Crippen MR) is 253 cm³/mol. The van der Waals surface area contributed by atoms with Gasteiger partial charge in [-0.3, -0.25) is 9.48 Å². The molecule has 358 valence electrons. The topological polar surface area (TPSA) is 108 Å². The van der Waals surface area contributed by atoms with Gasteiger partial charge in [-0.1, -0.05) is 81.7 Å². The first-order valence-corrected chi connectivity index (χ1v) is 23.3. The van der Waals surface area contributed by atoms with Crippen LogP contribution in [0.3, 0.4) is 0 Å². The molecule has 5 aromatic rings. The average molecular weight is 985 g/mol. The number of halogens is 6. The van der Waals surface area contributed by atoms with E-state index in [9.17, 15) is 20.8 Å². The molecular formula is C52H46F6N4O5S2. The van der Waals surface area contributed by atoms with Crippen molar-refractivity contribution in [3.05, 3.63) is 144 Å². The summed E-state index contributed by atoms with van der Waals surface area (Å²) in [7, 11) is 1.14. The van der Waals surface area contributed by atoms with Gasteiger partial charge in [-0.25, -0.2) is 0 Å². The Morgan fingerprint density at radius 2 is 1.00 bits per heavy atom. The monoisotopic (exact) mass is 984 g/mol. The molecule has 0 atom stereocenters. The molecule has 0 saturated carbocycles. The van der Waals surface area contributed by atoms with Crippen molar-refractivity contribution in [2.45, 2.75) is 109 Å². The van der Waals surface area contributed by atoms with E-state index in [1.165, 1.54) is 44.2 Å². The van der Waals surface area contributed by atoms with Crippen LogP contribution in [0.1, 0.15) is 110 Å². The number of ether oxygens (including phenoxy) is 1. The largest absolute Gasteiger partial charge is 0.714 e. The van der Waals surface area contributed by atoms with Gasteiger partial charge in [-0.05, 0) is 128 Å². The van der Waals surface area contributed by atoms with E-state index in [1.807, 2.05) is 0 Å². The fraction of sp³-hybridized carbons (Fsp3) is 0.346.